The Labute approximate surface area is 139 Å². The van der Waals surface area contributed by atoms with Gasteiger partial charge in [0.25, 0.3) is 0 Å². The maximum absolute atomic E-state index is 6.23. The first-order valence-electron chi connectivity index (χ1n) is 6.50. The standard InChI is InChI=1S/C14H16Cl3N3O/c1-3-18-6-9-4-10(15)5-11(16)14(9)21-8-13-19-7-12(17)20(13)2/h4-5,7,18H,3,6,8H2,1-2H3. The highest BCUT2D eigenvalue weighted by molar-refractivity contribution is 6.35. The highest BCUT2D eigenvalue weighted by atomic mass is 35.5. The lowest BCUT2D eigenvalue weighted by molar-refractivity contribution is 0.288. The largest absolute Gasteiger partial charge is 0.484 e. The average Bonchev–Trinajstić information content (AvgIpc) is 2.75. The Morgan fingerprint density at radius 3 is 2.67 bits per heavy atom. The van der Waals surface area contributed by atoms with Crippen molar-refractivity contribution < 1.29 is 4.74 Å². The molecule has 0 unspecified atom stereocenters. The van der Waals surface area contributed by atoms with Gasteiger partial charge in [-0.3, -0.25) is 0 Å². The summed E-state index contributed by atoms with van der Waals surface area (Å²) in [6.07, 6.45) is 1.59. The first kappa shape index (κ1) is 16.4. The molecule has 1 aromatic heterocycles. The summed E-state index contributed by atoms with van der Waals surface area (Å²) in [7, 11) is 1.83. The van der Waals surface area contributed by atoms with Crippen molar-refractivity contribution in [2.75, 3.05) is 6.54 Å². The zero-order valence-corrected chi connectivity index (χ0v) is 14.1. The number of ether oxygens (including phenoxy) is 1. The number of hydrogen-bond donors (Lipinski definition) is 1. The molecule has 0 fully saturated rings. The van der Waals surface area contributed by atoms with Crippen LogP contribution in [0.25, 0.3) is 0 Å². The molecule has 0 bridgehead atoms. The number of benzene rings is 1. The first-order chi connectivity index (χ1) is 10.0. The summed E-state index contributed by atoms with van der Waals surface area (Å²) in [5.41, 5.74) is 0.912. The predicted octanol–water partition coefficient (Wildman–Crippen LogP) is 4.07. The van der Waals surface area contributed by atoms with Crippen molar-refractivity contribution in [2.24, 2.45) is 7.05 Å². The van der Waals surface area contributed by atoms with Crippen LogP contribution in [-0.2, 0) is 20.2 Å². The van der Waals surface area contributed by atoms with Crippen LogP contribution in [0.5, 0.6) is 5.75 Å². The number of aromatic nitrogens is 2. The van der Waals surface area contributed by atoms with E-state index in [0.717, 1.165) is 17.9 Å². The summed E-state index contributed by atoms with van der Waals surface area (Å²) in [4.78, 5) is 4.19. The minimum atomic E-state index is 0.281. The summed E-state index contributed by atoms with van der Waals surface area (Å²) >= 11 is 18.2. The monoisotopic (exact) mass is 347 g/mol. The van der Waals surface area contributed by atoms with Crippen molar-refractivity contribution in [3.8, 4) is 5.75 Å². The lowest BCUT2D eigenvalue weighted by Gasteiger charge is -2.14. The second-order valence-electron chi connectivity index (χ2n) is 4.50. The van der Waals surface area contributed by atoms with E-state index in [1.54, 1.807) is 16.8 Å². The van der Waals surface area contributed by atoms with Crippen molar-refractivity contribution in [2.45, 2.75) is 20.1 Å². The van der Waals surface area contributed by atoms with Crippen molar-refractivity contribution in [3.63, 3.8) is 0 Å². The second-order valence-corrected chi connectivity index (χ2v) is 5.73. The van der Waals surface area contributed by atoms with Crippen LogP contribution in [0.4, 0.5) is 0 Å². The Morgan fingerprint density at radius 1 is 1.29 bits per heavy atom. The molecule has 2 rings (SSSR count). The zero-order valence-electron chi connectivity index (χ0n) is 11.8. The van der Waals surface area contributed by atoms with Crippen LogP contribution in [0.3, 0.4) is 0 Å². The van der Waals surface area contributed by atoms with Gasteiger partial charge in [0.1, 0.15) is 23.3 Å². The molecule has 1 heterocycles. The van der Waals surface area contributed by atoms with Gasteiger partial charge in [-0.15, -0.1) is 0 Å². The number of nitrogens with one attached hydrogen (secondary N) is 1. The third-order valence-corrected chi connectivity index (χ3v) is 3.87. The fraction of sp³-hybridized carbons (Fsp3) is 0.357. The predicted molar refractivity (Wildman–Crippen MR) is 86.4 cm³/mol. The van der Waals surface area contributed by atoms with Crippen LogP contribution < -0.4 is 10.1 Å². The topological polar surface area (TPSA) is 39.1 Å². The normalized spacial score (nSPS) is 10.9. The minimum Gasteiger partial charge on any atom is -0.484 e. The van der Waals surface area contributed by atoms with Crippen molar-refractivity contribution in [3.05, 3.63) is 44.9 Å². The smallest absolute Gasteiger partial charge is 0.147 e. The van der Waals surface area contributed by atoms with Gasteiger partial charge in [0.15, 0.2) is 0 Å². The van der Waals surface area contributed by atoms with Gasteiger partial charge in [0.2, 0.25) is 0 Å². The van der Waals surface area contributed by atoms with Crippen LogP contribution in [0.15, 0.2) is 18.3 Å². The molecular formula is C14H16Cl3N3O. The van der Waals surface area contributed by atoms with E-state index in [1.165, 1.54) is 0 Å². The van der Waals surface area contributed by atoms with Gasteiger partial charge >= 0.3 is 0 Å². The zero-order chi connectivity index (χ0) is 15.4. The van der Waals surface area contributed by atoms with Crippen LogP contribution in [0.1, 0.15) is 18.3 Å². The lowest BCUT2D eigenvalue weighted by Crippen LogP contribution is -2.13. The molecule has 7 heteroatoms. The quantitative estimate of drug-likeness (QED) is 0.855. The Morgan fingerprint density at radius 2 is 2.05 bits per heavy atom. The number of imidazole rings is 1. The number of hydrogen-bond acceptors (Lipinski definition) is 3. The van der Waals surface area contributed by atoms with Crippen LogP contribution in [-0.4, -0.2) is 16.1 Å². The maximum Gasteiger partial charge on any atom is 0.147 e. The van der Waals surface area contributed by atoms with Crippen LogP contribution >= 0.6 is 34.8 Å². The maximum atomic E-state index is 6.23. The molecular weight excluding hydrogens is 333 g/mol. The van der Waals surface area contributed by atoms with E-state index in [9.17, 15) is 0 Å². The van der Waals surface area contributed by atoms with Gasteiger partial charge in [0, 0.05) is 24.2 Å². The fourth-order valence-corrected chi connectivity index (χ4v) is 2.60. The Hall–Kier alpha value is -0.940. The second kappa shape index (κ2) is 7.36. The van der Waals surface area contributed by atoms with E-state index in [2.05, 4.69) is 10.3 Å². The van der Waals surface area contributed by atoms with E-state index in [4.69, 9.17) is 39.5 Å². The SMILES string of the molecule is CCNCc1cc(Cl)cc(Cl)c1OCc1ncc(Cl)n1C. The third-order valence-electron chi connectivity index (χ3n) is 3.02. The van der Waals surface area contributed by atoms with E-state index in [1.807, 2.05) is 20.0 Å². The molecule has 0 radical (unpaired) electrons. The molecule has 1 N–H and O–H groups in total. The van der Waals surface area contributed by atoms with E-state index in [-0.39, 0.29) is 6.61 Å². The molecule has 0 aliphatic carbocycles. The molecule has 1 aromatic carbocycles. The summed E-state index contributed by atoms with van der Waals surface area (Å²) < 4.78 is 7.59. The first-order valence-corrected chi connectivity index (χ1v) is 7.63. The Balaban J connectivity index is 2.20. The highest BCUT2D eigenvalue weighted by Crippen LogP contribution is 2.33. The van der Waals surface area contributed by atoms with E-state index < -0.39 is 0 Å². The summed E-state index contributed by atoms with van der Waals surface area (Å²) in [5.74, 6) is 1.33. The van der Waals surface area contributed by atoms with Gasteiger partial charge in [-0.2, -0.15) is 0 Å². The molecule has 114 valence electrons. The lowest BCUT2D eigenvalue weighted by atomic mass is 10.2. The van der Waals surface area contributed by atoms with Crippen molar-refractivity contribution in [1.29, 1.82) is 0 Å². The molecule has 0 saturated carbocycles. The summed E-state index contributed by atoms with van der Waals surface area (Å²) in [5, 5.41) is 4.86. The van der Waals surface area contributed by atoms with Crippen molar-refractivity contribution in [1.82, 2.24) is 14.9 Å². The van der Waals surface area contributed by atoms with Gasteiger partial charge in [-0.05, 0) is 18.7 Å². The number of rotatable bonds is 6. The van der Waals surface area contributed by atoms with Crippen LogP contribution in [0.2, 0.25) is 15.2 Å². The molecule has 0 spiro atoms. The molecule has 0 amide bonds. The van der Waals surface area contributed by atoms with Gasteiger partial charge in [0.05, 0.1) is 11.2 Å². The Kier molecular flexibility index (Phi) is 5.76. The molecule has 21 heavy (non-hydrogen) atoms. The van der Waals surface area contributed by atoms with Gasteiger partial charge in [-0.1, -0.05) is 41.7 Å². The number of nitrogens with zero attached hydrogens (tertiary/aromatic N) is 2. The average molecular weight is 349 g/mol. The minimum absolute atomic E-state index is 0.281. The fourth-order valence-electron chi connectivity index (χ4n) is 1.86. The molecule has 0 saturated heterocycles. The van der Waals surface area contributed by atoms with Gasteiger partial charge < -0.3 is 14.6 Å². The van der Waals surface area contributed by atoms with E-state index >= 15 is 0 Å². The Bertz CT molecular complexity index is 628. The summed E-state index contributed by atoms with van der Waals surface area (Å²) in [6.45, 7) is 3.79. The van der Waals surface area contributed by atoms with Gasteiger partial charge in [-0.25, -0.2) is 4.98 Å². The van der Waals surface area contributed by atoms with Crippen LogP contribution in [0, 0.1) is 0 Å². The summed E-state index contributed by atoms with van der Waals surface area (Å²) in [6, 6.07) is 3.51. The molecule has 0 aliphatic rings. The van der Waals surface area contributed by atoms with E-state index in [0.29, 0.717) is 27.5 Å². The van der Waals surface area contributed by atoms with Crippen molar-refractivity contribution >= 4 is 34.8 Å². The molecule has 4 nitrogen and oxygen atoms in total. The highest BCUT2D eigenvalue weighted by Gasteiger charge is 2.12. The number of halogens is 3. The molecule has 0 aliphatic heterocycles. The third kappa shape index (κ3) is 4.04. The molecule has 2 aromatic rings. The molecule has 0 atom stereocenters.